The first-order valence-corrected chi connectivity index (χ1v) is 8.32. The van der Waals surface area contributed by atoms with E-state index in [2.05, 4.69) is 13.8 Å². The predicted octanol–water partition coefficient (Wildman–Crippen LogP) is 3.92. The molecular formula is C14H23O4P. The Bertz CT molecular complexity index is 427. The van der Waals surface area contributed by atoms with Crippen molar-refractivity contribution < 1.29 is 18.9 Å². The van der Waals surface area contributed by atoms with E-state index in [1.807, 2.05) is 12.1 Å². The Hall–Kier alpha value is -0.830. The highest BCUT2D eigenvalue weighted by Gasteiger charge is 2.19. The number of rotatable bonds is 8. The first kappa shape index (κ1) is 16.2. The van der Waals surface area contributed by atoms with Gasteiger partial charge in [0.15, 0.2) is 0 Å². The van der Waals surface area contributed by atoms with E-state index in [4.69, 9.17) is 14.3 Å². The van der Waals surface area contributed by atoms with Crippen LogP contribution in [0.1, 0.15) is 45.1 Å². The zero-order valence-corrected chi connectivity index (χ0v) is 12.5. The molecule has 0 aliphatic heterocycles. The highest BCUT2D eigenvalue weighted by Crippen LogP contribution is 2.39. The SMILES string of the molecule is CCCCC(CC)Cc1ccccc1OP(=O)(O)O. The van der Waals surface area contributed by atoms with Crippen molar-refractivity contribution in [3.05, 3.63) is 29.8 Å². The highest BCUT2D eigenvalue weighted by molar-refractivity contribution is 7.46. The number of phosphoric acid groups is 1. The number of para-hydroxylation sites is 1. The predicted molar refractivity (Wildman–Crippen MR) is 76.1 cm³/mol. The summed E-state index contributed by atoms with van der Waals surface area (Å²) in [5, 5.41) is 0. The Kier molecular flexibility index (Phi) is 6.56. The molecule has 0 bridgehead atoms. The Labute approximate surface area is 115 Å². The van der Waals surface area contributed by atoms with Gasteiger partial charge in [0.1, 0.15) is 5.75 Å². The van der Waals surface area contributed by atoms with Gasteiger partial charge in [-0.1, -0.05) is 57.7 Å². The van der Waals surface area contributed by atoms with E-state index in [0.717, 1.165) is 31.2 Å². The van der Waals surface area contributed by atoms with E-state index >= 15 is 0 Å². The van der Waals surface area contributed by atoms with Gasteiger partial charge in [0.2, 0.25) is 0 Å². The lowest BCUT2D eigenvalue weighted by atomic mass is 9.92. The highest BCUT2D eigenvalue weighted by atomic mass is 31.2. The summed E-state index contributed by atoms with van der Waals surface area (Å²) in [6.07, 6.45) is 5.34. The fourth-order valence-corrected chi connectivity index (χ4v) is 2.58. The molecule has 0 aliphatic carbocycles. The van der Waals surface area contributed by atoms with Crippen LogP contribution < -0.4 is 4.52 Å². The average molecular weight is 286 g/mol. The number of benzene rings is 1. The summed E-state index contributed by atoms with van der Waals surface area (Å²) in [4.78, 5) is 17.8. The lowest BCUT2D eigenvalue weighted by Crippen LogP contribution is -2.05. The van der Waals surface area contributed by atoms with Crippen molar-refractivity contribution >= 4 is 7.82 Å². The maximum Gasteiger partial charge on any atom is 0.524 e. The second kappa shape index (κ2) is 7.68. The van der Waals surface area contributed by atoms with Gasteiger partial charge in [0, 0.05) is 0 Å². The van der Waals surface area contributed by atoms with E-state index in [-0.39, 0.29) is 0 Å². The molecule has 0 heterocycles. The quantitative estimate of drug-likeness (QED) is 0.711. The molecule has 2 N–H and O–H groups in total. The maximum atomic E-state index is 11.0. The van der Waals surface area contributed by atoms with Gasteiger partial charge in [-0.3, -0.25) is 9.79 Å². The molecule has 1 aromatic rings. The summed E-state index contributed by atoms with van der Waals surface area (Å²) in [6, 6.07) is 7.08. The second-order valence-electron chi connectivity index (χ2n) is 4.81. The fraction of sp³-hybridized carbons (Fsp3) is 0.571. The summed E-state index contributed by atoms with van der Waals surface area (Å²) < 4.78 is 15.7. The van der Waals surface area contributed by atoms with Crippen molar-refractivity contribution in [2.75, 3.05) is 0 Å². The van der Waals surface area contributed by atoms with E-state index in [1.165, 1.54) is 6.42 Å². The second-order valence-corrected chi connectivity index (χ2v) is 5.97. The van der Waals surface area contributed by atoms with Gasteiger partial charge in [0.05, 0.1) is 0 Å². The zero-order chi connectivity index (χ0) is 14.3. The molecule has 1 rings (SSSR count). The molecular weight excluding hydrogens is 263 g/mol. The van der Waals surface area contributed by atoms with Crippen LogP contribution in [-0.4, -0.2) is 9.79 Å². The van der Waals surface area contributed by atoms with Gasteiger partial charge in [0.25, 0.3) is 0 Å². The Morgan fingerprint density at radius 2 is 1.95 bits per heavy atom. The smallest absolute Gasteiger partial charge is 0.404 e. The first-order chi connectivity index (χ1) is 8.96. The van der Waals surface area contributed by atoms with Gasteiger partial charge in [-0.15, -0.1) is 0 Å². The largest absolute Gasteiger partial charge is 0.524 e. The van der Waals surface area contributed by atoms with Crippen LogP contribution in [0.4, 0.5) is 0 Å². The average Bonchev–Trinajstić information content (AvgIpc) is 2.34. The van der Waals surface area contributed by atoms with Crippen LogP contribution in [0.15, 0.2) is 24.3 Å². The van der Waals surface area contributed by atoms with Crippen molar-refractivity contribution in [1.82, 2.24) is 0 Å². The molecule has 1 atom stereocenters. The molecule has 0 aromatic heterocycles. The third-order valence-corrected chi connectivity index (χ3v) is 3.68. The van der Waals surface area contributed by atoms with Crippen LogP contribution in [-0.2, 0) is 11.0 Å². The summed E-state index contributed by atoms with van der Waals surface area (Å²) in [6.45, 7) is 4.31. The number of hydrogen-bond acceptors (Lipinski definition) is 2. The molecule has 4 nitrogen and oxygen atoms in total. The molecule has 0 fully saturated rings. The van der Waals surface area contributed by atoms with Crippen molar-refractivity contribution in [2.24, 2.45) is 5.92 Å². The number of hydrogen-bond donors (Lipinski definition) is 2. The minimum atomic E-state index is -4.49. The topological polar surface area (TPSA) is 66.8 Å². The monoisotopic (exact) mass is 286 g/mol. The minimum absolute atomic E-state index is 0.297. The molecule has 1 unspecified atom stereocenters. The van der Waals surface area contributed by atoms with Crippen LogP contribution in [0.5, 0.6) is 5.75 Å². The first-order valence-electron chi connectivity index (χ1n) is 6.79. The molecule has 0 amide bonds. The van der Waals surface area contributed by atoms with E-state index < -0.39 is 7.82 Å². The summed E-state index contributed by atoms with van der Waals surface area (Å²) in [5.41, 5.74) is 0.869. The van der Waals surface area contributed by atoms with Crippen LogP contribution >= 0.6 is 7.82 Å². The number of unbranched alkanes of at least 4 members (excludes halogenated alkanes) is 1. The Morgan fingerprint density at radius 1 is 1.26 bits per heavy atom. The van der Waals surface area contributed by atoms with Crippen LogP contribution in [0.3, 0.4) is 0 Å². The van der Waals surface area contributed by atoms with Gasteiger partial charge in [-0.05, 0) is 24.0 Å². The molecule has 19 heavy (non-hydrogen) atoms. The van der Waals surface area contributed by atoms with Crippen LogP contribution in [0.25, 0.3) is 0 Å². The van der Waals surface area contributed by atoms with Gasteiger partial charge < -0.3 is 4.52 Å². The van der Waals surface area contributed by atoms with E-state index in [0.29, 0.717) is 11.7 Å². The molecule has 0 radical (unpaired) electrons. The Morgan fingerprint density at radius 3 is 2.53 bits per heavy atom. The lowest BCUT2D eigenvalue weighted by molar-refractivity contribution is 0.281. The van der Waals surface area contributed by atoms with Crippen molar-refractivity contribution in [3.63, 3.8) is 0 Å². The Balaban J connectivity index is 2.79. The van der Waals surface area contributed by atoms with E-state index in [9.17, 15) is 4.57 Å². The van der Waals surface area contributed by atoms with E-state index in [1.54, 1.807) is 12.1 Å². The molecule has 108 valence electrons. The van der Waals surface area contributed by atoms with Crippen LogP contribution in [0.2, 0.25) is 0 Å². The standard InChI is InChI=1S/C14H23O4P/c1-3-5-8-12(4-2)11-13-9-6-7-10-14(13)18-19(15,16)17/h6-7,9-10,12H,3-5,8,11H2,1-2H3,(H2,15,16,17). The minimum Gasteiger partial charge on any atom is -0.404 e. The summed E-state index contributed by atoms with van der Waals surface area (Å²) in [7, 11) is -4.49. The maximum absolute atomic E-state index is 11.0. The molecule has 0 aliphatic rings. The summed E-state index contributed by atoms with van der Waals surface area (Å²) in [5.74, 6) is 0.826. The van der Waals surface area contributed by atoms with Crippen molar-refractivity contribution in [3.8, 4) is 5.75 Å². The molecule has 0 spiro atoms. The lowest BCUT2D eigenvalue weighted by Gasteiger charge is -2.17. The van der Waals surface area contributed by atoms with Crippen LogP contribution in [0, 0.1) is 5.92 Å². The van der Waals surface area contributed by atoms with Crippen molar-refractivity contribution in [1.29, 1.82) is 0 Å². The molecule has 0 saturated heterocycles. The normalized spacial score (nSPS) is 13.3. The van der Waals surface area contributed by atoms with Crippen molar-refractivity contribution in [2.45, 2.75) is 46.0 Å². The summed E-state index contributed by atoms with van der Waals surface area (Å²) >= 11 is 0. The fourth-order valence-electron chi connectivity index (χ4n) is 2.14. The van der Waals surface area contributed by atoms with Gasteiger partial charge in [-0.2, -0.15) is 0 Å². The number of phosphoric ester groups is 1. The zero-order valence-electron chi connectivity index (χ0n) is 11.6. The third kappa shape index (κ3) is 6.24. The molecule has 0 saturated carbocycles. The third-order valence-electron chi connectivity index (χ3n) is 3.24. The van der Waals surface area contributed by atoms with Gasteiger partial charge in [-0.25, -0.2) is 4.57 Å². The molecule has 5 heteroatoms. The molecule has 1 aromatic carbocycles. The van der Waals surface area contributed by atoms with Gasteiger partial charge >= 0.3 is 7.82 Å².